The van der Waals surface area contributed by atoms with Crippen LogP contribution in [-0.2, 0) is 35.5 Å². The van der Waals surface area contributed by atoms with Gasteiger partial charge in [-0.05, 0) is 55.5 Å². The Morgan fingerprint density at radius 3 is 2.71 bits per heavy atom. The van der Waals surface area contributed by atoms with Crippen LogP contribution >= 0.6 is 11.6 Å². The van der Waals surface area contributed by atoms with Crippen molar-refractivity contribution < 1.29 is 19.1 Å². The Hall–Kier alpha value is -3.69. The molecule has 41 heavy (non-hydrogen) atoms. The lowest BCUT2D eigenvalue weighted by Crippen LogP contribution is -2.48. The van der Waals surface area contributed by atoms with Crippen molar-refractivity contribution in [3.05, 3.63) is 75.6 Å². The average Bonchev–Trinajstić information content (AvgIpc) is 3.81. The number of aromatic nitrogens is 2. The van der Waals surface area contributed by atoms with Crippen LogP contribution in [0.15, 0.2) is 42.5 Å². The number of fused-ring (bicyclic) bond motifs is 3. The molecule has 6 rings (SSSR count). The molecule has 2 aliphatic heterocycles. The van der Waals surface area contributed by atoms with Crippen molar-refractivity contribution in [2.24, 2.45) is 5.92 Å². The zero-order valence-electron chi connectivity index (χ0n) is 23.4. The maximum atomic E-state index is 13.8. The summed E-state index contributed by atoms with van der Waals surface area (Å²) in [5.74, 6) is 1.07. The summed E-state index contributed by atoms with van der Waals surface area (Å²) >= 11 is 6.68. The average molecular weight is 576 g/mol. The first kappa shape index (κ1) is 27.5. The Balaban J connectivity index is 1.16. The van der Waals surface area contributed by atoms with Gasteiger partial charge in [0.1, 0.15) is 29.2 Å². The van der Waals surface area contributed by atoms with E-state index in [1.54, 1.807) is 16.6 Å². The number of likely N-dealkylation sites (N-methyl/N-ethyl adjacent to an activating group) is 2. The molecule has 3 heterocycles. The maximum Gasteiger partial charge on any atom is 0.247 e. The van der Waals surface area contributed by atoms with E-state index in [-0.39, 0.29) is 24.3 Å². The lowest BCUT2D eigenvalue weighted by molar-refractivity contribution is -0.133. The molecule has 1 atom stereocenters. The molecule has 0 radical (unpaired) electrons. The summed E-state index contributed by atoms with van der Waals surface area (Å²) in [4.78, 5) is 43.8. The predicted molar refractivity (Wildman–Crippen MR) is 155 cm³/mol. The normalized spacial score (nSPS) is 18.5. The highest BCUT2D eigenvalue weighted by atomic mass is 35.5. The summed E-state index contributed by atoms with van der Waals surface area (Å²) in [7, 11) is 3.68. The van der Waals surface area contributed by atoms with Crippen molar-refractivity contribution in [3.8, 4) is 5.75 Å². The number of carbonyl (C=O) groups is 3. The molecule has 3 aromatic rings. The Labute approximate surface area is 244 Å². The molecule has 0 bridgehead atoms. The molecular formula is C31H34ClN5O4. The van der Waals surface area contributed by atoms with E-state index < -0.39 is 6.04 Å². The number of ether oxygens (including phenoxy) is 1. The Morgan fingerprint density at radius 2 is 1.98 bits per heavy atom. The van der Waals surface area contributed by atoms with Gasteiger partial charge in [0, 0.05) is 38.2 Å². The molecule has 2 amide bonds. The van der Waals surface area contributed by atoms with Crippen LogP contribution in [0.2, 0.25) is 5.15 Å². The number of carbonyl (C=O) groups excluding carboxylic acids is 3. The van der Waals surface area contributed by atoms with E-state index in [2.05, 4.69) is 5.10 Å². The topological polar surface area (TPSA) is 88.0 Å². The molecular weight excluding hydrogens is 542 g/mol. The molecule has 0 saturated heterocycles. The molecule has 1 aliphatic carbocycles. The number of hydrogen-bond acceptors (Lipinski definition) is 6. The monoisotopic (exact) mass is 575 g/mol. The van der Waals surface area contributed by atoms with Crippen molar-refractivity contribution in [1.82, 2.24) is 19.6 Å². The predicted octanol–water partition coefficient (Wildman–Crippen LogP) is 3.59. The second-order valence-corrected chi connectivity index (χ2v) is 11.6. The van der Waals surface area contributed by atoms with E-state index in [4.69, 9.17) is 16.3 Å². The molecule has 2 aromatic carbocycles. The Bertz CT molecular complexity index is 1490. The summed E-state index contributed by atoms with van der Waals surface area (Å²) in [6.45, 7) is 2.38. The third-order valence-electron chi connectivity index (χ3n) is 8.47. The van der Waals surface area contributed by atoms with Crippen LogP contribution in [0.25, 0.3) is 0 Å². The fourth-order valence-corrected chi connectivity index (χ4v) is 6.18. The van der Waals surface area contributed by atoms with Crippen molar-refractivity contribution in [3.63, 3.8) is 0 Å². The minimum atomic E-state index is -0.516. The molecule has 10 heteroatoms. The number of rotatable bonds is 8. The number of halogens is 1. The first-order chi connectivity index (χ1) is 19.9. The number of aldehydes is 1. The Morgan fingerprint density at radius 1 is 1.20 bits per heavy atom. The highest BCUT2D eigenvalue weighted by Gasteiger charge is 2.38. The lowest BCUT2D eigenvalue weighted by Gasteiger charge is -2.33. The number of nitrogens with zero attached hydrogens (tertiary/aromatic N) is 5. The molecule has 0 spiro atoms. The zero-order valence-corrected chi connectivity index (χ0v) is 24.1. The van der Waals surface area contributed by atoms with Gasteiger partial charge in [0.25, 0.3) is 0 Å². The van der Waals surface area contributed by atoms with Gasteiger partial charge in [0.15, 0.2) is 6.29 Å². The van der Waals surface area contributed by atoms with Gasteiger partial charge in [-0.15, -0.1) is 0 Å². The maximum absolute atomic E-state index is 13.8. The molecule has 1 unspecified atom stereocenters. The van der Waals surface area contributed by atoms with Crippen LogP contribution in [0.5, 0.6) is 5.75 Å². The molecule has 0 N–H and O–H groups in total. The summed E-state index contributed by atoms with van der Waals surface area (Å²) in [5, 5.41) is 4.86. The summed E-state index contributed by atoms with van der Waals surface area (Å²) in [6.07, 6.45) is 3.86. The van der Waals surface area contributed by atoms with Crippen molar-refractivity contribution in [2.75, 3.05) is 38.7 Å². The summed E-state index contributed by atoms with van der Waals surface area (Å²) in [5.41, 5.74) is 4.97. The number of amides is 2. The molecule has 1 saturated carbocycles. The second kappa shape index (κ2) is 11.3. The van der Waals surface area contributed by atoms with Gasteiger partial charge >= 0.3 is 0 Å². The van der Waals surface area contributed by atoms with Crippen molar-refractivity contribution in [2.45, 2.75) is 44.8 Å². The third kappa shape index (κ3) is 5.36. The van der Waals surface area contributed by atoms with E-state index in [1.165, 1.54) is 0 Å². The van der Waals surface area contributed by atoms with Gasteiger partial charge in [0.05, 0.1) is 12.2 Å². The minimum absolute atomic E-state index is 0.0578. The minimum Gasteiger partial charge on any atom is -0.489 e. The zero-order chi connectivity index (χ0) is 28.7. The third-order valence-corrected chi connectivity index (χ3v) is 8.89. The van der Waals surface area contributed by atoms with Gasteiger partial charge in [-0.25, -0.2) is 4.68 Å². The van der Waals surface area contributed by atoms with Crippen molar-refractivity contribution in [1.29, 1.82) is 0 Å². The van der Waals surface area contributed by atoms with Gasteiger partial charge < -0.3 is 14.5 Å². The fourth-order valence-electron chi connectivity index (χ4n) is 5.89. The first-order valence-corrected chi connectivity index (χ1v) is 14.5. The standard InChI is InChI=1S/C31H34ClN5O4/c1-34(14-12-24-25(18-38)33-37(29(24)32)16-20-6-4-3-5-7-20)26-19-41-27-11-10-22-17-36(30(39)21-8-9-21)15-13-23(22)28(27)35(2)31(26)40/h3-7,10-11,18,21,26H,8-9,12-17,19H2,1-2H3. The smallest absolute Gasteiger partial charge is 0.247 e. The molecule has 9 nitrogen and oxygen atoms in total. The highest BCUT2D eigenvalue weighted by molar-refractivity contribution is 6.30. The van der Waals surface area contributed by atoms with E-state index >= 15 is 0 Å². The Kier molecular flexibility index (Phi) is 7.57. The van der Waals surface area contributed by atoms with E-state index in [0.717, 1.165) is 41.5 Å². The summed E-state index contributed by atoms with van der Waals surface area (Å²) < 4.78 is 7.86. The molecule has 214 valence electrons. The first-order valence-electron chi connectivity index (χ1n) is 14.1. The van der Waals surface area contributed by atoms with Gasteiger partial charge in [-0.2, -0.15) is 5.10 Å². The van der Waals surface area contributed by atoms with Gasteiger partial charge in [-0.1, -0.05) is 48.0 Å². The molecule has 1 aromatic heterocycles. The molecule has 3 aliphatic rings. The fraction of sp³-hybridized carbons (Fsp3) is 0.419. The largest absolute Gasteiger partial charge is 0.489 e. The van der Waals surface area contributed by atoms with Crippen LogP contribution in [0.1, 0.15) is 45.6 Å². The van der Waals surface area contributed by atoms with Crippen molar-refractivity contribution >= 4 is 35.4 Å². The van der Waals surface area contributed by atoms with Crippen LogP contribution in [0.3, 0.4) is 0 Å². The van der Waals surface area contributed by atoms with Crippen LogP contribution in [-0.4, -0.2) is 77.5 Å². The van der Waals surface area contributed by atoms with Crippen LogP contribution in [0, 0.1) is 5.92 Å². The van der Waals surface area contributed by atoms with Gasteiger partial charge in [0.2, 0.25) is 11.8 Å². The number of anilines is 1. The highest BCUT2D eigenvalue weighted by Crippen LogP contribution is 2.40. The van der Waals surface area contributed by atoms with E-state index in [0.29, 0.717) is 61.2 Å². The number of hydrogen-bond donors (Lipinski definition) is 0. The summed E-state index contributed by atoms with van der Waals surface area (Å²) in [6, 6.07) is 13.2. The lowest BCUT2D eigenvalue weighted by atomic mass is 9.96. The quantitative estimate of drug-likeness (QED) is 0.382. The van der Waals surface area contributed by atoms with Gasteiger partial charge in [-0.3, -0.25) is 19.3 Å². The number of benzene rings is 2. The van der Waals surface area contributed by atoms with E-state index in [9.17, 15) is 14.4 Å². The van der Waals surface area contributed by atoms with Crippen LogP contribution < -0.4 is 9.64 Å². The van der Waals surface area contributed by atoms with Crippen LogP contribution in [0.4, 0.5) is 5.69 Å². The molecule has 1 fully saturated rings. The van der Waals surface area contributed by atoms with E-state index in [1.807, 2.05) is 59.3 Å². The second-order valence-electron chi connectivity index (χ2n) is 11.2. The SMILES string of the molecule is CN1C(=O)C(N(C)CCc2c(C=O)nn(Cc3ccccc3)c2Cl)COc2ccc3c(c21)CCN(C(=O)C1CC1)C3.